The lowest BCUT2D eigenvalue weighted by atomic mass is 10.2. The summed E-state index contributed by atoms with van der Waals surface area (Å²) in [5.74, 6) is -2.37. The van der Waals surface area contributed by atoms with Gasteiger partial charge in [-0.1, -0.05) is 0 Å². The molecule has 0 heterocycles. The molecule has 0 atom stereocenters. The first-order chi connectivity index (χ1) is 6.50. The lowest BCUT2D eigenvalue weighted by molar-refractivity contribution is -0.126. The van der Waals surface area contributed by atoms with Gasteiger partial charge in [0.15, 0.2) is 0 Å². The summed E-state index contributed by atoms with van der Waals surface area (Å²) >= 11 is 0. The number of nitrogens with one attached hydrogen (secondary N) is 1. The molecule has 14 heavy (non-hydrogen) atoms. The molecule has 6 heteroatoms. The average Bonchev–Trinajstić information content (AvgIpc) is 2.11. The van der Waals surface area contributed by atoms with E-state index in [-0.39, 0.29) is 11.4 Å². The standard InChI is InChI=1S/C8H7F3N2O/c9-5-2-1-4(12)3-6(5)13-8(14)7(10)11/h1-3,7H,12H2,(H,13,14). The molecule has 1 aromatic carbocycles. The van der Waals surface area contributed by atoms with Crippen molar-refractivity contribution in [2.24, 2.45) is 0 Å². The van der Waals surface area contributed by atoms with Crippen LogP contribution < -0.4 is 11.1 Å². The average molecular weight is 204 g/mol. The van der Waals surface area contributed by atoms with Gasteiger partial charge < -0.3 is 11.1 Å². The van der Waals surface area contributed by atoms with Crippen LogP contribution in [0.1, 0.15) is 0 Å². The van der Waals surface area contributed by atoms with Crippen LogP contribution in [-0.4, -0.2) is 12.3 Å². The smallest absolute Gasteiger partial charge is 0.315 e. The molecule has 0 aliphatic heterocycles. The summed E-state index contributed by atoms with van der Waals surface area (Å²) in [6, 6.07) is 3.30. The van der Waals surface area contributed by atoms with Gasteiger partial charge in [0, 0.05) is 5.69 Å². The van der Waals surface area contributed by atoms with Crippen LogP contribution in [-0.2, 0) is 4.79 Å². The number of rotatable bonds is 2. The summed E-state index contributed by atoms with van der Waals surface area (Å²) in [5, 5.41) is 1.71. The Morgan fingerprint density at radius 2 is 2.07 bits per heavy atom. The Bertz CT molecular complexity index is 354. The van der Waals surface area contributed by atoms with Crippen molar-refractivity contribution in [3.05, 3.63) is 24.0 Å². The van der Waals surface area contributed by atoms with Crippen molar-refractivity contribution >= 4 is 17.3 Å². The van der Waals surface area contributed by atoms with Gasteiger partial charge in [-0.15, -0.1) is 0 Å². The number of benzene rings is 1. The number of carbonyl (C=O) groups is 1. The number of hydrogen-bond acceptors (Lipinski definition) is 2. The maximum atomic E-state index is 12.9. The van der Waals surface area contributed by atoms with Crippen molar-refractivity contribution in [2.45, 2.75) is 6.43 Å². The maximum Gasteiger partial charge on any atom is 0.315 e. The molecular formula is C8H7F3N2O. The molecule has 0 aliphatic rings. The van der Waals surface area contributed by atoms with Crippen molar-refractivity contribution in [3.8, 4) is 0 Å². The second-order valence-corrected chi connectivity index (χ2v) is 2.53. The van der Waals surface area contributed by atoms with Crippen molar-refractivity contribution in [1.29, 1.82) is 0 Å². The second-order valence-electron chi connectivity index (χ2n) is 2.53. The minimum atomic E-state index is -3.18. The second kappa shape index (κ2) is 3.99. The number of hydrogen-bond donors (Lipinski definition) is 2. The monoisotopic (exact) mass is 204 g/mol. The van der Waals surface area contributed by atoms with Crippen LogP contribution in [0.2, 0.25) is 0 Å². The number of nitrogens with two attached hydrogens (primary N) is 1. The van der Waals surface area contributed by atoms with E-state index in [1.54, 1.807) is 5.32 Å². The van der Waals surface area contributed by atoms with E-state index in [0.29, 0.717) is 0 Å². The summed E-state index contributed by atoms with van der Waals surface area (Å²) in [5.41, 5.74) is 5.10. The van der Waals surface area contributed by atoms with Crippen LogP contribution in [0.5, 0.6) is 0 Å². The molecule has 0 saturated carbocycles. The zero-order valence-electron chi connectivity index (χ0n) is 6.93. The van der Waals surface area contributed by atoms with E-state index in [4.69, 9.17) is 5.73 Å². The van der Waals surface area contributed by atoms with E-state index in [1.807, 2.05) is 0 Å². The van der Waals surface area contributed by atoms with Gasteiger partial charge in [0.05, 0.1) is 5.69 Å². The van der Waals surface area contributed by atoms with Crippen LogP contribution >= 0.6 is 0 Å². The fraction of sp³-hybridized carbons (Fsp3) is 0.125. The molecular weight excluding hydrogens is 197 g/mol. The molecule has 0 aromatic heterocycles. The number of nitrogen functional groups attached to an aromatic ring is 1. The Morgan fingerprint density at radius 1 is 1.43 bits per heavy atom. The van der Waals surface area contributed by atoms with E-state index in [2.05, 4.69) is 0 Å². The van der Waals surface area contributed by atoms with Gasteiger partial charge in [-0.05, 0) is 18.2 Å². The molecule has 1 aromatic rings. The number of anilines is 2. The summed E-state index contributed by atoms with van der Waals surface area (Å²) in [6.45, 7) is 0. The topological polar surface area (TPSA) is 55.1 Å². The van der Waals surface area contributed by atoms with Gasteiger partial charge in [-0.25, -0.2) is 4.39 Å². The lowest BCUT2D eigenvalue weighted by Gasteiger charge is -2.05. The van der Waals surface area contributed by atoms with E-state index < -0.39 is 18.1 Å². The molecule has 1 rings (SSSR count). The third-order valence-corrected chi connectivity index (χ3v) is 1.45. The first kappa shape index (κ1) is 10.4. The van der Waals surface area contributed by atoms with Crippen LogP contribution in [0.3, 0.4) is 0 Å². The highest BCUT2D eigenvalue weighted by atomic mass is 19.3. The fourth-order valence-electron chi connectivity index (χ4n) is 0.826. The lowest BCUT2D eigenvalue weighted by Crippen LogP contribution is -2.20. The Kier molecular flexibility index (Phi) is 2.95. The molecule has 0 aliphatic carbocycles. The molecule has 0 bridgehead atoms. The SMILES string of the molecule is Nc1ccc(F)c(NC(=O)C(F)F)c1. The van der Waals surface area contributed by atoms with Crippen LogP contribution in [0.4, 0.5) is 24.5 Å². The van der Waals surface area contributed by atoms with Gasteiger partial charge >= 0.3 is 6.43 Å². The highest BCUT2D eigenvalue weighted by Crippen LogP contribution is 2.17. The minimum Gasteiger partial charge on any atom is -0.399 e. The molecule has 0 spiro atoms. The highest BCUT2D eigenvalue weighted by Gasteiger charge is 2.16. The van der Waals surface area contributed by atoms with Gasteiger partial charge in [0.1, 0.15) is 5.82 Å². The molecule has 0 saturated heterocycles. The first-order valence-corrected chi connectivity index (χ1v) is 3.64. The number of carbonyl (C=O) groups excluding carboxylic acids is 1. The fourth-order valence-corrected chi connectivity index (χ4v) is 0.826. The largest absolute Gasteiger partial charge is 0.399 e. The van der Waals surface area contributed by atoms with Crippen molar-refractivity contribution in [1.82, 2.24) is 0 Å². The molecule has 0 unspecified atom stereocenters. The predicted octanol–water partition coefficient (Wildman–Crippen LogP) is 1.61. The third-order valence-electron chi connectivity index (χ3n) is 1.45. The number of halogens is 3. The van der Waals surface area contributed by atoms with E-state index in [0.717, 1.165) is 12.1 Å². The van der Waals surface area contributed by atoms with Gasteiger partial charge in [0.2, 0.25) is 0 Å². The molecule has 76 valence electrons. The summed E-state index contributed by atoms with van der Waals surface area (Å²) in [7, 11) is 0. The van der Waals surface area contributed by atoms with Crippen molar-refractivity contribution < 1.29 is 18.0 Å². The Morgan fingerprint density at radius 3 is 2.64 bits per heavy atom. The molecule has 0 fully saturated rings. The maximum absolute atomic E-state index is 12.9. The van der Waals surface area contributed by atoms with Gasteiger partial charge in [-0.3, -0.25) is 4.79 Å². The summed E-state index contributed by atoms with van der Waals surface area (Å²) in [4.78, 5) is 10.5. The predicted molar refractivity (Wildman–Crippen MR) is 45.4 cm³/mol. The first-order valence-electron chi connectivity index (χ1n) is 3.64. The number of amides is 1. The molecule has 1 amide bonds. The summed E-state index contributed by atoms with van der Waals surface area (Å²) < 4.78 is 36.4. The third kappa shape index (κ3) is 2.38. The quantitative estimate of drug-likeness (QED) is 0.719. The van der Waals surface area contributed by atoms with Gasteiger partial charge in [0.25, 0.3) is 5.91 Å². The molecule has 3 nitrogen and oxygen atoms in total. The Balaban J connectivity index is 2.86. The van der Waals surface area contributed by atoms with Crippen molar-refractivity contribution in [2.75, 3.05) is 11.1 Å². The van der Waals surface area contributed by atoms with E-state index >= 15 is 0 Å². The highest BCUT2D eigenvalue weighted by molar-refractivity contribution is 5.93. The van der Waals surface area contributed by atoms with Crippen molar-refractivity contribution in [3.63, 3.8) is 0 Å². The molecule has 3 N–H and O–H groups in total. The zero-order chi connectivity index (χ0) is 10.7. The van der Waals surface area contributed by atoms with Crippen LogP contribution in [0.25, 0.3) is 0 Å². The normalized spacial score (nSPS) is 10.3. The van der Waals surface area contributed by atoms with Crippen LogP contribution in [0.15, 0.2) is 18.2 Å². The number of alkyl halides is 2. The molecule has 0 radical (unpaired) electrons. The van der Waals surface area contributed by atoms with E-state index in [1.165, 1.54) is 6.07 Å². The van der Waals surface area contributed by atoms with Gasteiger partial charge in [-0.2, -0.15) is 8.78 Å². The Labute approximate surface area is 77.7 Å². The van der Waals surface area contributed by atoms with E-state index in [9.17, 15) is 18.0 Å². The summed E-state index contributed by atoms with van der Waals surface area (Å²) in [6.07, 6.45) is -3.18. The minimum absolute atomic E-state index is 0.177. The zero-order valence-corrected chi connectivity index (χ0v) is 6.93. The van der Waals surface area contributed by atoms with Crippen LogP contribution in [0, 0.1) is 5.82 Å². The Hall–Kier alpha value is -1.72.